The molecule has 0 atom stereocenters. The molecule has 3 rings (SSSR count). The van der Waals surface area contributed by atoms with Gasteiger partial charge in [0.25, 0.3) is 5.91 Å². The molecule has 116 valence electrons. The number of carbonyl (C=O) groups is 1. The molecule has 1 amide bonds. The van der Waals surface area contributed by atoms with E-state index in [0.717, 1.165) is 16.1 Å². The molecule has 1 heterocycles. The van der Waals surface area contributed by atoms with Gasteiger partial charge in [-0.1, -0.05) is 35.9 Å². The topological polar surface area (TPSA) is 42.2 Å². The molecule has 0 unspecified atom stereocenters. The van der Waals surface area contributed by atoms with Crippen molar-refractivity contribution in [1.29, 1.82) is 0 Å². The summed E-state index contributed by atoms with van der Waals surface area (Å²) in [6.45, 7) is 0. The fourth-order valence-electron chi connectivity index (χ4n) is 2.20. The third-order valence-electron chi connectivity index (χ3n) is 3.32. The summed E-state index contributed by atoms with van der Waals surface area (Å²) >= 11 is 7.73. The van der Waals surface area contributed by atoms with Gasteiger partial charge in [0.2, 0.25) is 0 Å². The van der Waals surface area contributed by atoms with Crippen molar-refractivity contribution in [2.75, 3.05) is 11.6 Å². The molecule has 0 radical (unpaired) electrons. The average Bonchev–Trinajstić information content (AvgIpc) is 3.05. The molecule has 3 nitrogen and oxygen atoms in total. The van der Waals surface area contributed by atoms with Gasteiger partial charge in [0.1, 0.15) is 5.76 Å². The molecule has 3 aromatic rings. The molecule has 0 saturated carbocycles. The highest BCUT2D eigenvalue weighted by Gasteiger charge is 2.15. The molecule has 5 heteroatoms. The number of hydrogen-bond acceptors (Lipinski definition) is 3. The van der Waals surface area contributed by atoms with Gasteiger partial charge >= 0.3 is 0 Å². The number of furan rings is 1. The van der Waals surface area contributed by atoms with Crippen LogP contribution in [0.2, 0.25) is 5.02 Å². The minimum atomic E-state index is -0.287. The summed E-state index contributed by atoms with van der Waals surface area (Å²) in [5.41, 5.74) is 1.53. The largest absolute Gasteiger partial charge is 0.451 e. The Morgan fingerprint density at radius 3 is 2.57 bits per heavy atom. The maximum absolute atomic E-state index is 12.4. The van der Waals surface area contributed by atoms with E-state index in [1.807, 2.05) is 48.7 Å². The summed E-state index contributed by atoms with van der Waals surface area (Å²) in [4.78, 5) is 13.4. The number of rotatable bonds is 4. The maximum Gasteiger partial charge on any atom is 0.291 e. The van der Waals surface area contributed by atoms with Gasteiger partial charge in [-0.05, 0) is 42.7 Å². The van der Waals surface area contributed by atoms with E-state index in [-0.39, 0.29) is 11.7 Å². The van der Waals surface area contributed by atoms with E-state index in [0.29, 0.717) is 10.8 Å². The lowest BCUT2D eigenvalue weighted by molar-refractivity contribution is 0.0997. The minimum Gasteiger partial charge on any atom is -0.451 e. The minimum absolute atomic E-state index is 0.246. The van der Waals surface area contributed by atoms with Crippen molar-refractivity contribution >= 4 is 35.0 Å². The van der Waals surface area contributed by atoms with Crippen LogP contribution in [0.15, 0.2) is 70.0 Å². The number of benzene rings is 2. The molecule has 0 aliphatic rings. The number of halogens is 1. The lowest BCUT2D eigenvalue weighted by Gasteiger charge is -2.07. The Hall–Kier alpha value is -2.17. The quantitative estimate of drug-likeness (QED) is 0.629. The molecule has 0 aliphatic carbocycles. The van der Waals surface area contributed by atoms with Crippen LogP contribution in [-0.2, 0) is 0 Å². The van der Waals surface area contributed by atoms with Gasteiger partial charge in [-0.25, -0.2) is 0 Å². The van der Waals surface area contributed by atoms with Crippen LogP contribution in [0, 0.1) is 0 Å². The molecule has 2 aromatic carbocycles. The fraction of sp³-hybridized carbons (Fsp3) is 0.0556. The van der Waals surface area contributed by atoms with Gasteiger partial charge in [-0.2, -0.15) is 0 Å². The van der Waals surface area contributed by atoms with Gasteiger partial charge in [0.05, 0.1) is 10.7 Å². The van der Waals surface area contributed by atoms with Crippen molar-refractivity contribution in [2.24, 2.45) is 0 Å². The predicted molar refractivity (Wildman–Crippen MR) is 95.3 cm³/mol. The normalized spacial score (nSPS) is 10.5. The molecule has 0 bridgehead atoms. The average molecular weight is 344 g/mol. The van der Waals surface area contributed by atoms with E-state index < -0.39 is 0 Å². The maximum atomic E-state index is 12.4. The number of thioether (sulfide) groups is 1. The first-order valence-corrected chi connectivity index (χ1v) is 8.58. The standard InChI is InChI=1S/C18H14ClNO2S/c1-23-17-9-5-4-8-14(17)20-18(21)16-11-10-15(22-16)12-6-2-3-7-13(12)19/h2-11H,1H3,(H,20,21). The molecule has 0 spiro atoms. The number of hydrogen-bond donors (Lipinski definition) is 1. The Morgan fingerprint density at radius 2 is 1.78 bits per heavy atom. The van der Waals surface area contributed by atoms with Crippen LogP contribution in [0.5, 0.6) is 0 Å². The van der Waals surface area contributed by atoms with E-state index in [1.54, 1.807) is 30.0 Å². The Labute approximate surface area is 143 Å². The van der Waals surface area contributed by atoms with Crippen molar-refractivity contribution in [1.82, 2.24) is 0 Å². The van der Waals surface area contributed by atoms with E-state index >= 15 is 0 Å². The van der Waals surface area contributed by atoms with E-state index in [4.69, 9.17) is 16.0 Å². The van der Waals surface area contributed by atoms with Gasteiger partial charge in [-0.15, -0.1) is 11.8 Å². The summed E-state index contributed by atoms with van der Waals surface area (Å²) in [7, 11) is 0. The Balaban J connectivity index is 1.83. The van der Waals surface area contributed by atoms with Crippen LogP contribution in [-0.4, -0.2) is 12.2 Å². The van der Waals surface area contributed by atoms with E-state index in [2.05, 4.69) is 5.32 Å². The van der Waals surface area contributed by atoms with E-state index in [9.17, 15) is 4.79 Å². The van der Waals surface area contributed by atoms with Crippen molar-refractivity contribution in [2.45, 2.75) is 4.90 Å². The van der Waals surface area contributed by atoms with Crippen LogP contribution < -0.4 is 5.32 Å². The summed E-state index contributed by atoms with van der Waals surface area (Å²) in [5, 5.41) is 3.46. The molecule has 0 fully saturated rings. The van der Waals surface area contributed by atoms with Crippen LogP contribution in [0.4, 0.5) is 5.69 Å². The highest BCUT2D eigenvalue weighted by Crippen LogP contribution is 2.30. The van der Waals surface area contributed by atoms with Crippen LogP contribution in [0.25, 0.3) is 11.3 Å². The number of carbonyl (C=O) groups excluding carboxylic acids is 1. The lowest BCUT2D eigenvalue weighted by atomic mass is 10.2. The summed E-state index contributed by atoms with van der Waals surface area (Å²) in [6.07, 6.45) is 1.97. The lowest BCUT2D eigenvalue weighted by Crippen LogP contribution is -2.11. The molecular formula is C18H14ClNO2S. The number of para-hydroxylation sites is 1. The van der Waals surface area contributed by atoms with Gasteiger partial charge in [0.15, 0.2) is 5.76 Å². The van der Waals surface area contributed by atoms with Crippen LogP contribution in [0.1, 0.15) is 10.6 Å². The van der Waals surface area contributed by atoms with E-state index in [1.165, 1.54) is 0 Å². The third-order valence-corrected chi connectivity index (χ3v) is 4.45. The fourth-order valence-corrected chi connectivity index (χ4v) is 2.98. The van der Waals surface area contributed by atoms with Crippen molar-refractivity contribution in [3.63, 3.8) is 0 Å². The van der Waals surface area contributed by atoms with Crippen LogP contribution in [0.3, 0.4) is 0 Å². The van der Waals surface area contributed by atoms with Crippen molar-refractivity contribution in [3.05, 3.63) is 71.4 Å². The Bertz CT molecular complexity index is 844. The van der Waals surface area contributed by atoms with Crippen LogP contribution >= 0.6 is 23.4 Å². The van der Waals surface area contributed by atoms with Gasteiger partial charge in [0, 0.05) is 10.5 Å². The first-order valence-electron chi connectivity index (χ1n) is 6.98. The first kappa shape index (κ1) is 15.7. The van der Waals surface area contributed by atoms with Gasteiger partial charge in [-0.3, -0.25) is 4.79 Å². The SMILES string of the molecule is CSc1ccccc1NC(=O)c1ccc(-c2ccccc2Cl)o1. The van der Waals surface area contributed by atoms with Crippen molar-refractivity contribution < 1.29 is 9.21 Å². The molecule has 23 heavy (non-hydrogen) atoms. The number of nitrogens with one attached hydrogen (secondary N) is 1. The number of anilines is 1. The monoisotopic (exact) mass is 343 g/mol. The summed E-state index contributed by atoms with van der Waals surface area (Å²) in [6, 6.07) is 18.4. The zero-order valence-corrected chi connectivity index (χ0v) is 13.9. The third kappa shape index (κ3) is 3.44. The molecule has 0 saturated heterocycles. The van der Waals surface area contributed by atoms with Crippen molar-refractivity contribution in [3.8, 4) is 11.3 Å². The zero-order chi connectivity index (χ0) is 16.2. The van der Waals surface area contributed by atoms with Gasteiger partial charge < -0.3 is 9.73 Å². The molecule has 1 N–H and O–H groups in total. The molecule has 0 aliphatic heterocycles. The second-order valence-corrected chi connectivity index (χ2v) is 6.05. The summed E-state index contributed by atoms with van der Waals surface area (Å²) < 4.78 is 5.65. The second kappa shape index (κ2) is 6.94. The predicted octanol–water partition coefficient (Wildman–Crippen LogP) is 5.57. The summed E-state index contributed by atoms with van der Waals surface area (Å²) in [5.74, 6) is 0.527. The first-order chi connectivity index (χ1) is 11.2. The highest BCUT2D eigenvalue weighted by molar-refractivity contribution is 7.98. The Morgan fingerprint density at radius 1 is 1.04 bits per heavy atom. The number of amides is 1. The smallest absolute Gasteiger partial charge is 0.291 e. The second-order valence-electron chi connectivity index (χ2n) is 4.80. The zero-order valence-electron chi connectivity index (χ0n) is 12.4. The molecule has 1 aromatic heterocycles. The Kier molecular flexibility index (Phi) is 4.74. The molecular weight excluding hydrogens is 330 g/mol. The highest BCUT2D eigenvalue weighted by atomic mass is 35.5.